The summed E-state index contributed by atoms with van der Waals surface area (Å²) >= 11 is 1.87. The zero-order chi connectivity index (χ0) is 31.8. The van der Waals surface area contributed by atoms with Crippen LogP contribution in [0.15, 0.2) is 174 Å². The third kappa shape index (κ3) is 3.81. The highest BCUT2D eigenvalue weighted by atomic mass is 32.2. The second-order valence-electron chi connectivity index (χ2n) is 12.6. The van der Waals surface area contributed by atoms with Gasteiger partial charge < -0.3 is 5.73 Å². The van der Waals surface area contributed by atoms with Crippen LogP contribution in [0.2, 0.25) is 0 Å². The standard InChI is InChI=1S/C44H29N3S/c45-31-22-18-28(19-23-31)29-21-25-42-38(26-29)44(36-14-6-9-17-41(36)48-42)35-13-5-4-12-33(35)34-24-20-30(27-37(34)44)43-46-39-15-7-8-16-40(39)47(43)32-10-2-1-3-11-32/h1-27H,45H2. The predicted molar refractivity (Wildman–Crippen MR) is 198 cm³/mol. The van der Waals surface area contributed by atoms with Gasteiger partial charge in [0, 0.05) is 26.7 Å². The molecule has 226 valence electrons. The first-order chi connectivity index (χ1) is 23.7. The predicted octanol–water partition coefficient (Wildman–Crippen LogP) is 10.8. The van der Waals surface area contributed by atoms with Crippen molar-refractivity contribution in [2.45, 2.75) is 15.2 Å². The average molecular weight is 632 g/mol. The Kier molecular flexibility index (Phi) is 5.87. The van der Waals surface area contributed by atoms with Gasteiger partial charge in [-0.15, -0.1) is 0 Å². The fourth-order valence-electron chi connectivity index (χ4n) is 7.95. The molecule has 1 atom stereocenters. The summed E-state index contributed by atoms with van der Waals surface area (Å²) in [6.45, 7) is 0. The topological polar surface area (TPSA) is 43.8 Å². The first-order valence-corrected chi connectivity index (χ1v) is 17.1. The number of benzene rings is 7. The summed E-state index contributed by atoms with van der Waals surface area (Å²) in [5.74, 6) is 0.936. The highest BCUT2D eigenvalue weighted by Crippen LogP contribution is 2.62. The molecule has 0 saturated carbocycles. The van der Waals surface area contributed by atoms with E-state index in [1.165, 1.54) is 48.7 Å². The number of rotatable bonds is 3. The van der Waals surface area contributed by atoms with Gasteiger partial charge in [-0.3, -0.25) is 4.57 Å². The molecule has 2 aliphatic rings. The number of nitrogens with two attached hydrogens (primary N) is 1. The van der Waals surface area contributed by atoms with Gasteiger partial charge in [0.25, 0.3) is 0 Å². The third-order valence-electron chi connectivity index (χ3n) is 10.0. The van der Waals surface area contributed by atoms with E-state index in [0.29, 0.717) is 0 Å². The molecule has 1 aliphatic carbocycles. The Hall–Kier alpha value is -5.84. The molecule has 48 heavy (non-hydrogen) atoms. The molecular weight excluding hydrogens is 603 g/mol. The van der Waals surface area contributed by atoms with E-state index in [1.54, 1.807) is 0 Å². The number of hydrogen-bond donors (Lipinski definition) is 1. The van der Waals surface area contributed by atoms with E-state index in [2.05, 4.69) is 156 Å². The maximum atomic E-state index is 6.09. The van der Waals surface area contributed by atoms with Crippen LogP contribution in [0.1, 0.15) is 22.3 Å². The number of para-hydroxylation sites is 3. The molecule has 1 spiro atoms. The zero-order valence-corrected chi connectivity index (χ0v) is 26.8. The number of anilines is 1. The lowest BCUT2D eigenvalue weighted by atomic mass is 9.67. The quantitative estimate of drug-likeness (QED) is 0.197. The number of aromatic nitrogens is 2. The summed E-state index contributed by atoms with van der Waals surface area (Å²) < 4.78 is 2.30. The van der Waals surface area contributed by atoms with Gasteiger partial charge in [-0.25, -0.2) is 4.98 Å². The molecule has 7 aromatic carbocycles. The summed E-state index contributed by atoms with van der Waals surface area (Å²) in [6, 6.07) is 59.1. The monoisotopic (exact) mass is 631 g/mol. The van der Waals surface area contributed by atoms with E-state index in [9.17, 15) is 0 Å². The molecule has 2 heterocycles. The van der Waals surface area contributed by atoms with Crippen molar-refractivity contribution in [3.63, 3.8) is 0 Å². The second kappa shape index (κ2) is 10.3. The van der Waals surface area contributed by atoms with Gasteiger partial charge in [-0.2, -0.15) is 0 Å². The van der Waals surface area contributed by atoms with Crippen molar-refractivity contribution in [3.8, 4) is 39.3 Å². The molecular formula is C44H29N3S. The van der Waals surface area contributed by atoms with Crippen molar-refractivity contribution in [1.29, 1.82) is 0 Å². The summed E-state index contributed by atoms with van der Waals surface area (Å²) in [5.41, 5.74) is 20.7. The summed E-state index contributed by atoms with van der Waals surface area (Å²) in [7, 11) is 0. The Balaban J connectivity index is 1.29. The fraction of sp³-hybridized carbons (Fsp3) is 0.0227. The Bertz CT molecular complexity index is 2550. The maximum absolute atomic E-state index is 6.09. The molecule has 0 amide bonds. The van der Waals surface area contributed by atoms with Gasteiger partial charge in [0.05, 0.1) is 16.4 Å². The van der Waals surface area contributed by atoms with Crippen LogP contribution >= 0.6 is 11.8 Å². The van der Waals surface area contributed by atoms with Crippen molar-refractivity contribution in [2.24, 2.45) is 0 Å². The highest BCUT2D eigenvalue weighted by molar-refractivity contribution is 7.99. The van der Waals surface area contributed by atoms with Crippen LogP contribution in [0.4, 0.5) is 5.69 Å². The normalized spacial score (nSPS) is 15.6. The zero-order valence-electron chi connectivity index (χ0n) is 26.0. The molecule has 0 bridgehead atoms. The number of nitrogen functional groups attached to an aromatic ring is 1. The van der Waals surface area contributed by atoms with E-state index in [-0.39, 0.29) is 0 Å². The van der Waals surface area contributed by atoms with Crippen molar-refractivity contribution in [2.75, 3.05) is 5.73 Å². The van der Waals surface area contributed by atoms with Crippen LogP contribution in [-0.4, -0.2) is 9.55 Å². The van der Waals surface area contributed by atoms with E-state index in [0.717, 1.165) is 39.4 Å². The van der Waals surface area contributed by atoms with E-state index in [1.807, 2.05) is 23.9 Å². The molecule has 10 rings (SSSR count). The first-order valence-electron chi connectivity index (χ1n) is 16.3. The minimum atomic E-state index is -0.507. The van der Waals surface area contributed by atoms with Crippen LogP contribution in [0.5, 0.6) is 0 Å². The maximum Gasteiger partial charge on any atom is 0.145 e. The Morgan fingerprint density at radius 3 is 2.02 bits per heavy atom. The minimum Gasteiger partial charge on any atom is -0.399 e. The van der Waals surface area contributed by atoms with Crippen molar-refractivity contribution < 1.29 is 0 Å². The molecule has 3 nitrogen and oxygen atoms in total. The molecule has 8 aromatic rings. The van der Waals surface area contributed by atoms with E-state index in [4.69, 9.17) is 10.7 Å². The highest BCUT2D eigenvalue weighted by Gasteiger charge is 2.50. The van der Waals surface area contributed by atoms with Gasteiger partial charge in [-0.05, 0) is 105 Å². The minimum absolute atomic E-state index is 0.507. The molecule has 1 unspecified atom stereocenters. The smallest absolute Gasteiger partial charge is 0.145 e. The molecule has 1 aromatic heterocycles. The van der Waals surface area contributed by atoms with E-state index < -0.39 is 5.41 Å². The first kappa shape index (κ1) is 27.3. The number of hydrogen-bond acceptors (Lipinski definition) is 3. The largest absolute Gasteiger partial charge is 0.399 e. The molecule has 1 aliphatic heterocycles. The lowest BCUT2D eigenvalue weighted by molar-refractivity contribution is 0.723. The van der Waals surface area contributed by atoms with Crippen molar-refractivity contribution >= 4 is 28.5 Å². The Morgan fingerprint density at radius 2 is 1.15 bits per heavy atom. The molecule has 2 N–H and O–H groups in total. The van der Waals surface area contributed by atoms with Gasteiger partial charge in [0.15, 0.2) is 0 Å². The van der Waals surface area contributed by atoms with Crippen molar-refractivity contribution in [1.82, 2.24) is 9.55 Å². The third-order valence-corrected chi connectivity index (χ3v) is 11.2. The number of nitrogens with zero attached hydrogens (tertiary/aromatic N) is 2. The van der Waals surface area contributed by atoms with Gasteiger partial charge in [-0.1, -0.05) is 115 Å². The summed E-state index contributed by atoms with van der Waals surface area (Å²) in [5, 5.41) is 0. The average Bonchev–Trinajstić information content (AvgIpc) is 3.67. The fourth-order valence-corrected chi connectivity index (χ4v) is 9.13. The lowest BCUT2D eigenvalue weighted by Gasteiger charge is -2.40. The van der Waals surface area contributed by atoms with E-state index >= 15 is 0 Å². The molecule has 0 radical (unpaired) electrons. The van der Waals surface area contributed by atoms with Gasteiger partial charge >= 0.3 is 0 Å². The number of fused-ring (bicyclic) bond motifs is 10. The van der Waals surface area contributed by atoms with Crippen molar-refractivity contribution in [3.05, 3.63) is 186 Å². The summed E-state index contributed by atoms with van der Waals surface area (Å²) in [4.78, 5) is 7.83. The molecule has 0 saturated heterocycles. The van der Waals surface area contributed by atoms with Crippen LogP contribution in [-0.2, 0) is 5.41 Å². The number of imidazole rings is 1. The van der Waals surface area contributed by atoms with Gasteiger partial charge in [0.1, 0.15) is 5.82 Å². The Morgan fingerprint density at radius 1 is 0.500 bits per heavy atom. The van der Waals surface area contributed by atoms with Crippen LogP contribution < -0.4 is 5.73 Å². The Labute approximate surface area is 283 Å². The lowest BCUT2D eigenvalue weighted by Crippen LogP contribution is -2.32. The molecule has 4 heteroatoms. The second-order valence-corrected chi connectivity index (χ2v) is 13.7. The van der Waals surface area contributed by atoms with Crippen LogP contribution in [0, 0.1) is 0 Å². The summed E-state index contributed by atoms with van der Waals surface area (Å²) in [6.07, 6.45) is 0. The van der Waals surface area contributed by atoms with Crippen LogP contribution in [0.25, 0.3) is 50.4 Å². The molecule has 0 fully saturated rings. The van der Waals surface area contributed by atoms with Gasteiger partial charge in [0.2, 0.25) is 0 Å². The SMILES string of the molecule is Nc1ccc(-c2ccc3c(c2)C2(c4ccccc4S3)c3ccccc3-c3ccc(-c4nc5ccccc5n4-c4ccccc4)cc32)cc1. The van der Waals surface area contributed by atoms with Crippen LogP contribution in [0.3, 0.4) is 0 Å².